The van der Waals surface area contributed by atoms with E-state index in [1.165, 1.54) is 0 Å². The molecule has 0 heterocycles. The SMILES string of the molecule is CCCN(CC(=O)Nc1ccccc1OC)CC(=O)NC(C)C(C)C. The number of ether oxygens (including phenoxy) is 1. The average Bonchev–Trinajstić information content (AvgIpc) is 2.55. The van der Waals surface area contributed by atoms with Crippen LogP contribution < -0.4 is 15.4 Å². The van der Waals surface area contributed by atoms with Crippen LogP contribution in [0.25, 0.3) is 0 Å². The Kier molecular flexibility index (Phi) is 8.99. The van der Waals surface area contributed by atoms with Gasteiger partial charge >= 0.3 is 0 Å². The molecule has 1 unspecified atom stereocenters. The third-order valence-corrected chi connectivity index (χ3v) is 4.04. The Morgan fingerprint density at radius 1 is 1.12 bits per heavy atom. The van der Waals surface area contributed by atoms with Crippen molar-refractivity contribution < 1.29 is 14.3 Å². The van der Waals surface area contributed by atoms with Crippen LogP contribution in [0.5, 0.6) is 5.75 Å². The maximum Gasteiger partial charge on any atom is 0.238 e. The second-order valence-electron chi connectivity index (χ2n) is 6.56. The summed E-state index contributed by atoms with van der Waals surface area (Å²) >= 11 is 0. The predicted molar refractivity (Wildman–Crippen MR) is 101 cm³/mol. The molecule has 2 amide bonds. The summed E-state index contributed by atoms with van der Waals surface area (Å²) in [7, 11) is 1.56. The monoisotopic (exact) mass is 349 g/mol. The fourth-order valence-electron chi connectivity index (χ4n) is 2.34. The number of anilines is 1. The summed E-state index contributed by atoms with van der Waals surface area (Å²) in [4.78, 5) is 26.4. The second kappa shape index (κ2) is 10.7. The number of carbonyl (C=O) groups is 2. The van der Waals surface area contributed by atoms with Crippen LogP contribution in [0.4, 0.5) is 5.69 Å². The summed E-state index contributed by atoms with van der Waals surface area (Å²) in [5, 5.41) is 5.82. The third-order valence-electron chi connectivity index (χ3n) is 4.04. The topological polar surface area (TPSA) is 70.7 Å². The van der Waals surface area contributed by atoms with Crippen molar-refractivity contribution in [2.24, 2.45) is 5.92 Å². The summed E-state index contributed by atoms with van der Waals surface area (Å²) < 4.78 is 5.24. The van der Waals surface area contributed by atoms with Crippen LogP contribution >= 0.6 is 0 Å². The summed E-state index contributed by atoms with van der Waals surface area (Å²) in [6.07, 6.45) is 0.870. The van der Waals surface area contributed by atoms with Crippen LogP contribution in [-0.2, 0) is 9.59 Å². The average molecular weight is 349 g/mol. The highest BCUT2D eigenvalue weighted by atomic mass is 16.5. The van der Waals surface area contributed by atoms with Gasteiger partial charge in [-0.3, -0.25) is 14.5 Å². The minimum Gasteiger partial charge on any atom is -0.495 e. The van der Waals surface area contributed by atoms with Crippen LogP contribution in [0.1, 0.15) is 34.1 Å². The first-order chi connectivity index (χ1) is 11.9. The van der Waals surface area contributed by atoms with Gasteiger partial charge in [0.15, 0.2) is 0 Å². The molecule has 0 aliphatic rings. The summed E-state index contributed by atoms with van der Waals surface area (Å²) in [5.41, 5.74) is 0.629. The summed E-state index contributed by atoms with van der Waals surface area (Å²) in [5.74, 6) is 0.765. The van der Waals surface area contributed by atoms with Crippen molar-refractivity contribution in [2.45, 2.75) is 40.2 Å². The second-order valence-corrected chi connectivity index (χ2v) is 6.56. The molecule has 0 fully saturated rings. The van der Waals surface area contributed by atoms with Crippen LogP contribution in [0.15, 0.2) is 24.3 Å². The molecule has 0 bridgehead atoms. The van der Waals surface area contributed by atoms with Crippen LogP contribution in [-0.4, -0.2) is 49.5 Å². The zero-order chi connectivity index (χ0) is 18.8. The van der Waals surface area contributed by atoms with Gasteiger partial charge in [-0.1, -0.05) is 32.9 Å². The number of amides is 2. The highest BCUT2D eigenvalue weighted by Crippen LogP contribution is 2.22. The largest absolute Gasteiger partial charge is 0.495 e. The lowest BCUT2D eigenvalue weighted by molar-refractivity contribution is -0.124. The molecule has 0 saturated heterocycles. The number of nitrogens with zero attached hydrogens (tertiary/aromatic N) is 1. The molecule has 0 aromatic heterocycles. The Morgan fingerprint density at radius 2 is 1.76 bits per heavy atom. The molecule has 1 atom stereocenters. The van der Waals surface area contributed by atoms with E-state index in [-0.39, 0.29) is 30.9 Å². The van der Waals surface area contributed by atoms with Gasteiger partial charge in [-0.15, -0.1) is 0 Å². The van der Waals surface area contributed by atoms with Gasteiger partial charge in [0.05, 0.1) is 25.9 Å². The van der Waals surface area contributed by atoms with E-state index >= 15 is 0 Å². The standard InChI is InChI=1S/C19H31N3O3/c1-6-11-22(12-18(23)20-15(4)14(2)3)13-19(24)21-16-9-7-8-10-17(16)25-5/h7-10,14-15H,6,11-13H2,1-5H3,(H,20,23)(H,21,24). The number of rotatable bonds is 10. The lowest BCUT2D eigenvalue weighted by atomic mass is 10.1. The molecule has 1 aromatic carbocycles. The van der Waals surface area contributed by atoms with Crippen molar-refractivity contribution in [1.29, 1.82) is 0 Å². The van der Waals surface area contributed by atoms with E-state index in [0.717, 1.165) is 6.42 Å². The lowest BCUT2D eigenvalue weighted by Gasteiger charge is -2.23. The molecule has 2 N–H and O–H groups in total. The Balaban J connectivity index is 2.61. The zero-order valence-corrected chi connectivity index (χ0v) is 16.0. The molecule has 0 radical (unpaired) electrons. The van der Waals surface area contributed by atoms with Gasteiger partial charge in [0.1, 0.15) is 5.75 Å². The first-order valence-corrected chi connectivity index (χ1v) is 8.81. The Morgan fingerprint density at radius 3 is 2.36 bits per heavy atom. The molecule has 1 rings (SSSR count). The smallest absolute Gasteiger partial charge is 0.238 e. The maximum absolute atomic E-state index is 12.3. The van der Waals surface area contributed by atoms with Crippen molar-refractivity contribution in [3.63, 3.8) is 0 Å². The number of nitrogens with one attached hydrogen (secondary N) is 2. The highest BCUT2D eigenvalue weighted by molar-refractivity contribution is 5.94. The number of methoxy groups -OCH3 is 1. The normalized spacial score (nSPS) is 12.1. The highest BCUT2D eigenvalue weighted by Gasteiger charge is 2.17. The molecule has 25 heavy (non-hydrogen) atoms. The van der Waals surface area contributed by atoms with E-state index in [0.29, 0.717) is 23.9 Å². The third kappa shape index (κ3) is 7.56. The molecule has 0 aliphatic heterocycles. The zero-order valence-electron chi connectivity index (χ0n) is 16.0. The van der Waals surface area contributed by atoms with Gasteiger partial charge in [-0.2, -0.15) is 0 Å². The fourth-order valence-corrected chi connectivity index (χ4v) is 2.34. The Labute approximate surface area is 150 Å². The quantitative estimate of drug-likeness (QED) is 0.681. The Bertz CT molecular complexity index is 561. The number of hydrogen-bond acceptors (Lipinski definition) is 4. The van der Waals surface area contributed by atoms with Crippen molar-refractivity contribution >= 4 is 17.5 Å². The molecule has 6 nitrogen and oxygen atoms in total. The molecular weight excluding hydrogens is 318 g/mol. The van der Waals surface area contributed by atoms with E-state index in [1.54, 1.807) is 19.2 Å². The van der Waals surface area contributed by atoms with Gasteiger partial charge in [-0.05, 0) is 37.9 Å². The van der Waals surface area contributed by atoms with Gasteiger partial charge < -0.3 is 15.4 Å². The van der Waals surface area contributed by atoms with Gasteiger partial charge in [0.25, 0.3) is 0 Å². The number of carbonyl (C=O) groups excluding carboxylic acids is 2. The van der Waals surface area contributed by atoms with E-state index < -0.39 is 0 Å². The van der Waals surface area contributed by atoms with E-state index in [9.17, 15) is 9.59 Å². The first-order valence-electron chi connectivity index (χ1n) is 8.81. The summed E-state index contributed by atoms with van der Waals surface area (Å²) in [6.45, 7) is 9.20. The number of benzene rings is 1. The fraction of sp³-hybridized carbons (Fsp3) is 0.579. The molecule has 140 valence electrons. The molecule has 0 spiro atoms. The maximum atomic E-state index is 12.3. The van der Waals surface area contributed by atoms with Crippen molar-refractivity contribution in [1.82, 2.24) is 10.2 Å². The van der Waals surface area contributed by atoms with E-state index in [2.05, 4.69) is 24.5 Å². The minimum absolute atomic E-state index is 0.0558. The van der Waals surface area contributed by atoms with Gasteiger partial charge in [-0.25, -0.2) is 0 Å². The molecule has 0 saturated carbocycles. The molecular formula is C19H31N3O3. The van der Waals surface area contributed by atoms with Crippen molar-refractivity contribution in [2.75, 3.05) is 32.1 Å². The first kappa shape index (κ1) is 21.0. The van der Waals surface area contributed by atoms with Gasteiger partial charge in [0, 0.05) is 6.04 Å². The number of hydrogen-bond donors (Lipinski definition) is 2. The Hall–Kier alpha value is -2.08. The van der Waals surface area contributed by atoms with Crippen molar-refractivity contribution in [3.8, 4) is 5.75 Å². The van der Waals surface area contributed by atoms with Gasteiger partial charge in [0.2, 0.25) is 11.8 Å². The van der Waals surface area contributed by atoms with Crippen molar-refractivity contribution in [3.05, 3.63) is 24.3 Å². The van der Waals surface area contributed by atoms with E-state index in [1.807, 2.05) is 30.9 Å². The minimum atomic E-state index is -0.164. The predicted octanol–water partition coefficient (Wildman–Crippen LogP) is 2.51. The van der Waals surface area contributed by atoms with Crippen LogP contribution in [0.3, 0.4) is 0 Å². The molecule has 0 aliphatic carbocycles. The van der Waals surface area contributed by atoms with E-state index in [4.69, 9.17) is 4.74 Å². The van der Waals surface area contributed by atoms with Crippen LogP contribution in [0, 0.1) is 5.92 Å². The lowest BCUT2D eigenvalue weighted by Crippen LogP contribution is -2.45. The molecule has 1 aromatic rings. The number of para-hydroxylation sites is 2. The summed E-state index contributed by atoms with van der Waals surface area (Å²) in [6, 6.07) is 7.37. The van der Waals surface area contributed by atoms with Crippen LogP contribution in [0.2, 0.25) is 0 Å². The molecule has 6 heteroatoms.